The molecular formula is C17H30N2O. The highest BCUT2D eigenvalue weighted by molar-refractivity contribution is 5.41. The first-order valence-corrected chi connectivity index (χ1v) is 7.72. The zero-order valence-corrected chi connectivity index (χ0v) is 13.9. The normalized spacial score (nSPS) is 12.8. The molecule has 1 aromatic rings. The number of rotatable bonds is 8. The third kappa shape index (κ3) is 4.78. The van der Waals surface area contributed by atoms with E-state index >= 15 is 0 Å². The van der Waals surface area contributed by atoms with Crippen LogP contribution in [0.4, 0.5) is 0 Å². The summed E-state index contributed by atoms with van der Waals surface area (Å²) in [6.07, 6.45) is 5.40. The summed E-state index contributed by atoms with van der Waals surface area (Å²) in [7, 11) is 1.74. The van der Waals surface area contributed by atoms with Crippen molar-refractivity contribution < 1.29 is 4.74 Å². The Morgan fingerprint density at radius 3 is 2.55 bits per heavy atom. The second-order valence-electron chi connectivity index (χ2n) is 5.97. The summed E-state index contributed by atoms with van der Waals surface area (Å²) < 4.78 is 5.50. The van der Waals surface area contributed by atoms with Crippen LogP contribution in [0.2, 0.25) is 0 Å². The van der Waals surface area contributed by atoms with E-state index in [0.29, 0.717) is 12.0 Å². The lowest BCUT2D eigenvalue weighted by Crippen LogP contribution is -2.30. The molecule has 0 amide bonds. The van der Waals surface area contributed by atoms with Gasteiger partial charge < -0.3 is 10.1 Å². The molecule has 0 aliphatic heterocycles. The maximum atomic E-state index is 5.50. The topological polar surface area (TPSA) is 34.2 Å². The predicted octanol–water partition coefficient (Wildman–Crippen LogP) is 3.66. The first-order valence-electron chi connectivity index (χ1n) is 7.72. The maximum absolute atomic E-state index is 5.50. The van der Waals surface area contributed by atoms with Crippen LogP contribution in [0.3, 0.4) is 0 Å². The van der Waals surface area contributed by atoms with Crippen molar-refractivity contribution in [3.8, 4) is 5.75 Å². The zero-order valence-electron chi connectivity index (χ0n) is 13.9. The molecule has 1 N–H and O–H groups in total. The van der Waals surface area contributed by atoms with Gasteiger partial charge in [-0.2, -0.15) is 0 Å². The summed E-state index contributed by atoms with van der Waals surface area (Å²) in [6, 6.07) is 0.538. The van der Waals surface area contributed by atoms with Gasteiger partial charge in [0.25, 0.3) is 0 Å². The molecule has 20 heavy (non-hydrogen) atoms. The van der Waals surface area contributed by atoms with Gasteiger partial charge in [-0.15, -0.1) is 0 Å². The summed E-state index contributed by atoms with van der Waals surface area (Å²) in [6.45, 7) is 11.9. The molecule has 3 nitrogen and oxygen atoms in total. The molecular weight excluding hydrogens is 248 g/mol. The number of pyridine rings is 1. The highest BCUT2D eigenvalue weighted by Crippen LogP contribution is 2.26. The van der Waals surface area contributed by atoms with Crippen molar-refractivity contribution in [2.45, 2.75) is 59.9 Å². The summed E-state index contributed by atoms with van der Waals surface area (Å²) in [5, 5.41) is 3.55. The zero-order chi connectivity index (χ0) is 15.1. The van der Waals surface area contributed by atoms with E-state index in [4.69, 9.17) is 4.74 Å². The molecule has 0 fully saturated rings. The molecule has 0 saturated carbocycles. The molecule has 114 valence electrons. The van der Waals surface area contributed by atoms with Crippen molar-refractivity contribution in [3.63, 3.8) is 0 Å². The van der Waals surface area contributed by atoms with Gasteiger partial charge in [-0.3, -0.25) is 4.98 Å². The number of nitrogens with zero attached hydrogens (tertiary/aromatic N) is 1. The molecule has 1 unspecified atom stereocenters. The minimum absolute atomic E-state index is 0.538. The standard InChI is InChI=1S/C17H30N2O/c1-7-8-15(11-18-12(2)3)9-16-14(5)17(20-6)13(4)10-19-16/h10,12,15,18H,7-9,11H2,1-6H3. The molecule has 1 atom stereocenters. The number of aryl methyl sites for hydroxylation is 1. The molecule has 0 spiro atoms. The fourth-order valence-corrected chi connectivity index (χ4v) is 2.64. The number of aromatic nitrogens is 1. The SMILES string of the molecule is CCCC(CNC(C)C)Cc1ncc(C)c(OC)c1C. The lowest BCUT2D eigenvalue weighted by atomic mass is 9.95. The van der Waals surface area contributed by atoms with Crippen molar-refractivity contribution >= 4 is 0 Å². The van der Waals surface area contributed by atoms with Gasteiger partial charge in [-0.05, 0) is 39.2 Å². The quantitative estimate of drug-likeness (QED) is 0.788. The highest BCUT2D eigenvalue weighted by Gasteiger charge is 2.15. The van der Waals surface area contributed by atoms with Crippen LogP contribution in [0.1, 0.15) is 50.4 Å². The first-order chi connectivity index (χ1) is 9.49. The summed E-state index contributed by atoms with van der Waals surface area (Å²) >= 11 is 0. The molecule has 3 heteroatoms. The fraction of sp³-hybridized carbons (Fsp3) is 0.706. The summed E-state index contributed by atoms with van der Waals surface area (Å²) in [5.41, 5.74) is 3.48. The third-order valence-electron chi connectivity index (χ3n) is 3.74. The number of nitrogens with one attached hydrogen (secondary N) is 1. The molecule has 0 saturated heterocycles. The smallest absolute Gasteiger partial charge is 0.128 e. The van der Waals surface area contributed by atoms with Gasteiger partial charge in [0.1, 0.15) is 5.75 Å². The Balaban J connectivity index is 2.82. The lowest BCUT2D eigenvalue weighted by molar-refractivity contribution is 0.399. The fourth-order valence-electron chi connectivity index (χ4n) is 2.64. The van der Waals surface area contributed by atoms with Crippen molar-refractivity contribution in [1.29, 1.82) is 0 Å². The lowest BCUT2D eigenvalue weighted by Gasteiger charge is -2.20. The number of ether oxygens (including phenoxy) is 1. The van der Waals surface area contributed by atoms with E-state index in [0.717, 1.165) is 24.3 Å². The largest absolute Gasteiger partial charge is 0.496 e. The molecule has 0 aromatic carbocycles. The van der Waals surface area contributed by atoms with Crippen LogP contribution in [0.5, 0.6) is 5.75 Å². The van der Waals surface area contributed by atoms with E-state index in [1.54, 1.807) is 7.11 Å². The number of hydrogen-bond donors (Lipinski definition) is 1. The highest BCUT2D eigenvalue weighted by atomic mass is 16.5. The third-order valence-corrected chi connectivity index (χ3v) is 3.74. The second-order valence-corrected chi connectivity index (χ2v) is 5.97. The van der Waals surface area contributed by atoms with Crippen molar-refractivity contribution in [2.24, 2.45) is 5.92 Å². The van der Waals surface area contributed by atoms with Crippen LogP contribution in [0.15, 0.2) is 6.20 Å². The predicted molar refractivity (Wildman–Crippen MR) is 85.5 cm³/mol. The number of hydrogen-bond acceptors (Lipinski definition) is 3. The monoisotopic (exact) mass is 278 g/mol. The summed E-state index contributed by atoms with van der Waals surface area (Å²) in [5.74, 6) is 1.63. The van der Waals surface area contributed by atoms with Crippen LogP contribution >= 0.6 is 0 Å². The minimum atomic E-state index is 0.538. The van der Waals surface area contributed by atoms with E-state index in [9.17, 15) is 0 Å². The van der Waals surface area contributed by atoms with Crippen LogP contribution in [-0.4, -0.2) is 24.7 Å². The first kappa shape index (κ1) is 17.0. The average molecular weight is 278 g/mol. The Hall–Kier alpha value is -1.09. The Kier molecular flexibility index (Phi) is 7.00. The van der Waals surface area contributed by atoms with Crippen molar-refractivity contribution in [3.05, 3.63) is 23.0 Å². The van der Waals surface area contributed by atoms with Crippen molar-refractivity contribution in [2.75, 3.05) is 13.7 Å². The van der Waals surface area contributed by atoms with Crippen LogP contribution in [0.25, 0.3) is 0 Å². The Morgan fingerprint density at radius 2 is 2.00 bits per heavy atom. The van der Waals surface area contributed by atoms with Gasteiger partial charge in [-0.1, -0.05) is 27.2 Å². The molecule has 1 rings (SSSR count). The van der Waals surface area contributed by atoms with E-state index in [2.05, 4.69) is 38.0 Å². The Morgan fingerprint density at radius 1 is 1.30 bits per heavy atom. The van der Waals surface area contributed by atoms with E-state index in [1.807, 2.05) is 13.1 Å². The van der Waals surface area contributed by atoms with Gasteiger partial charge in [-0.25, -0.2) is 0 Å². The molecule has 0 bridgehead atoms. The second kappa shape index (κ2) is 8.25. The molecule has 0 aliphatic rings. The van der Waals surface area contributed by atoms with E-state index < -0.39 is 0 Å². The van der Waals surface area contributed by atoms with Crippen LogP contribution < -0.4 is 10.1 Å². The van der Waals surface area contributed by atoms with Gasteiger partial charge in [0.15, 0.2) is 0 Å². The van der Waals surface area contributed by atoms with Crippen LogP contribution in [0, 0.1) is 19.8 Å². The average Bonchev–Trinajstić information content (AvgIpc) is 2.40. The van der Waals surface area contributed by atoms with Gasteiger partial charge in [0, 0.05) is 29.1 Å². The van der Waals surface area contributed by atoms with Gasteiger partial charge in [0.2, 0.25) is 0 Å². The van der Waals surface area contributed by atoms with Crippen LogP contribution in [-0.2, 0) is 6.42 Å². The van der Waals surface area contributed by atoms with E-state index in [-0.39, 0.29) is 0 Å². The Bertz CT molecular complexity index is 416. The number of methoxy groups -OCH3 is 1. The molecule has 1 heterocycles. The van der Waals surface area contributed by atoms with Crippen molar-refractivity contribution in [1.82, 2.24) is 10.3 Å². The molecule has 0 aliphatic carbocycles. The van der Waals surface area contributed by atoms with E-state index in [1.165, 1.54) is 24.1 Å². The maximum Gasteiger partial charge on any atom is 0.128 e. The summed E-state index contributed by atoms with van der Waals surface area (Å²) in [4.78, 5) is 4.63. The Labute approximate surface area is 124 Å². The van der Waals surface area contributed by atoms with Gasteiger partial charge in [0.05, 0.1) is 7.11 Å². The molecule has 0 radical (unpaired) electrons. The van der Waals surface area contributed by atoms with Gasteiger partial charge >= 0.3 is 0 Å². The molecule has 1 aromatic heterocycles. The minimum Gasteiger partial charge on any atom is -0.496 e.